The summed E-state index contributed by atoms with van der Waals surface area (Å²) in [6.45, 7) is 2.43. The zero-order valence-electron chi connectivity index (χ0n) is 6.79. The topological polar surface area (TPSA) is 23.5 Å². The van der Waals surface area contributed by atoms with Crippen LogP contribution in [0.25, 0.3) is 0 Å². The van der Waals surface area contributed by atoms with Crippen LogP contribution in [-0.2, 0) is 0 Å². The second-order valence-electron chi connectivity index (χ2n) is 3.61. The van der Waals surface area contributed by atoms with E-state index in [-0.39, 0.29) is 5.54 Å². The summed E-state index contributed by atoms with van der Waals surface area (Å²) >= 11 is 0. The van der Waals surface area contributed by atoms with Gasteiger partial charge in [0, 0.05) is 18.6 Å². The van der Waals surface area contributed by atoms with Gasteiger partial charge in [-0.1, -0.05) is 12.2 Å². The number of rotatable bonds is 2. The van der Waals surface area contributed by atoms with Crippen molar-refractivity contribution in [1.29, 1.82) is 0 Å². The maximum absolute atomic E-state index is 9.23. The highest BCUT2D eigenvalue weighted by atomic mass is 16.3. The van der Waals surface area contributed by atoms with Crippen molar-refractivity contribution in [2.75, 3.05) is 19.7 Å². The molecule has 1 aliphatic carbocycles. The van der Waals surface area contributed by atoms with Gasteiger partial charge in [0.1, 0.15) is 0 Å². The SMILES string of the molecule is OCC1(N2CC=CC2)CCC1. The van der Waals surface area contributed by atoms with E-state index < -0.39 is 0 Å². The van der Waals surface area contributed by atoms with E-state index in [1.165, 1.54) is 19.3 Å². The van der Waals surface area contributed by atoms with Crippen molar-refractivity contribution in [1.82, 2.24) is 4.90 Å². The molecule has 0 saturated heterocycles. The average Bonchev–Trinajstić information content (AvgIpc) is 2.39. The van der Waals surface area contributed by atoms with Gasteiger partial charge in [-0.25, -0.2) is 0 Å². The molecule has 0 atom stereocenters. The summed E-state index contributed by atoms with van der Waals surface area (Å²) in [7, 11) is 0. The van der Waals surface area contributed by atoms with Gasteiger partial charge in [-0.2, -0.15) is 0 Å². The third kappa shape index (κ3) is 1.01. The van der Waals surface area contributed by atoms with Crippen LogP contribution in [0.2, 0.25) is 0 Å². The predicted molar refractivity (Wildman–Crippen MR) is 44.4 cm³/mol. The first kappa shape index (κ1) is 7.32. The lowest BCUT2D eigenvalue weighted by molar-refractivity contribution is -0.0110. The Morgan fingerprint density at radius 2 is 1.91 bits per heavy atom. The Hall–Kier alpha value is -0.340. The zero-order chi connectivity index (χ0) is 7.73. The van der Waals surface area contributed by atoms with Crippen molar-refractivity contribution in [3.05, 3.63) is 12.2 Å². The Morgan fingerprint density at radius 1 is 1.27 bits per heavy atom. The second kappa shape index (κ2) is 2.61. The van der Waals surface area contributed by atoms with Crippen LogP contribution in [0.3, 0.4) is 0 Å². The first-order chi connectivity index (χ1) is 5.37. The van der Waals surface area contributed by atoms with E-state index in [0.29, 0.717) is 6.61 Å². The summed E-state index contributed by atoms with van der Waals surface area (Å²) in [5.74, 6) is 0. The van der Waals surface area contributed by atoms with Crippen molar-refractivity contribution < 1.29 is 5.11 Å². The molecule has 0 radical (unpaired) electrons. The molecule has 2 rings (SSSR count). The molecule has 0 aromatic heterocycles. The van der Waals surface area contributed by atoms with E-state index >= 15 is 0 Å². The van der Waals surface area contributed by atoms with Crippen molar-refractivity contribution >= 4 is 0 Å². The van der Waals surface area contributed by atoms with E-state index in [4.69, 9.17) is 0 Å². The molecule has 2 heteroatoms. The number of nitrogens with zero attached hydrogens (tertiary/aromatic N) is 1. The van der Waals surface area contributed by atoms with Crippen LogP contribution in [0.5, 0.6) is 0 Å². The molecule has 1 saturated carbocycles. The smallest absolute Gasteiger partial charge is 0.0615 e. The summed E-state index contributed by atoms with van der Waals surface area (Å²) in [4.78, 5) is 2.39. The minimum Gasteiger partial charge on any atom is -0.394 e. The normalized spacial score (nSPS) is 28.8. The lowest BCUT2D eigenvalue weighted by atomic mass is 9.76. The van der Waals surface area contributed by atoms with Gasteiger partial charge in [0.25, 0.3) is 0 Å². The van der Waals surface area contributed by atoms with E-state index in [0.717, 1.165) is 13.1 Å². The van der Waals surface area contributed by atoms with Crippen LogP contribution in [-0.4, -0.2) is 35.2 Å². The summed E-state index contributed by atoms with van der Waals surface area (Å²) in [5, 5.41) is 9.23. The lowest BCUT2D eigenvalue weighted by Crippen LogP contribution is -2.55. The van der Waals surface area contributed by atoms with Gasteiger partial charge in [0.05, 0.1) is 6.61 Å². The van der Waals surface area contributed by atoms with Crippen molar-refractivity contribution in [2.45, 2.75) is 24.8 Å². The molecule has 1 fully saturated rings. The average molecular weight is 153 g/mol. The number of hydrogen-bond acceptors (Lipinski definition) is 2. The molecule has 0 aromatic rings. The van der Waals surface area contributed by atoms with Crippen molar-refractivity contribution in [2.24, 2.45) is 0 Å². The third-order valence-electron chi connectivity index (χ3n) is 3.07. The van der Waals surface area contributed by atoms with E-state index in [1.54, 1.807) is 0 Å². The van der Waals surface area contributed by atoms with Crippen molar-refractivity contribution in [3.8, 4) is 0 Å². The second-order valence-corrected chi connectivity index (χ2v) is 3.61. The quantitative estimate of drug-likeness (QED) is 0.592. The zero-order valence-corrected chi connectivity index (χ0v) is 6.79. The van der Waals surface area contributed by atoms with Gasteiger partial charge < -0.3 is 5.11 Å². The monoisotopic (exact) mass is 153 g/mol. The molecular weight excluding hydrogens is 138 g/mol. The lowest BCUT2D eigenvalue weighted by Gasteiger charge is -2.47. The van der Waals surface area contributed by atoms with Crippen molar-refractivity contribution in [3.63, 3.8) is 0 Å². The molecule has 62 valence electrons. The van der Waals surface area contributed by atoms with E-state index in [2.05, 4.69) is 17.1 Å². The first-order valence-corrected chi connectivity index (χ1v) is 4.38. The summed E-state index contributed by atoms with van der Waals surface area (Å²) in [5.41, 5.74) is 0.170. The maximum atomic E-state index is 9.23. The Morgan fingerprint density at radius 3 is 2.27 bits per heavy atom. The summed E-state index contributed by atoms with van der Waals surface area (Å²) in [6.07, 6.45) is 8.04. The molecular formula is C9H15NO. The highest BCUT2D eigenvalue weighted by Gasteiger charge is 2.41. The van der Waals surface area contributed by atoms with Crippen LogP contribution < -0.4 is 0 Å². The van der Waals surface area contributed by atoms with Gasteiger partial charge in [-0.05, 0) is 19.3 Å². The van der Waals surface area contributed by atoms with Gasteiger partial charge in [0.15, 0.2) is 0 Å². The molecule has 0 bridgehead atoms. The highest BCUT2D eigenvalue weighted by Crippen LogP contribution is 2.37. The third-order valence-corrected chi connectivity index (χ3v) is 3.07. The molecule has 0 amide bonds. The molecule has 1 heterocycles. The minimum atomic E-state index is 0.170. The number of aliphatic hydroxyl groups excluding tert-OH is 1. The van der Waals surface area contributed by atoms with Crippen LogP contribution >= 0.6 is 0 Å². The minimum absolute atomic E-state index is 0.170. The van der Waals surface area contributed by atoms with Gasteiger partial charge in [0.2, 0.25) is 0 Å². The Bertz CT molecular complexity index is 159. The summed E-state index contributed by atoms with van der Waals surface area (Å²) < 4.78 is 0. The van der Waals surface area contributed by atoms with Gasteiger partial charge in [-0.15, -0.1) is 0 Å². The van der Waals surface area contributed by atoms with Crippen LogP contribution in [0.15, 0.2) is 12.2 Å². The standard InChI is InChI=1S/C9H15NO/c11-8-9(4-3-5-9)10-6-1-2-7-10/h1-2,11H,3-8H2. The molecule has 2 nitrogen and oxygen atoms in total. The van der Waals surface area contributed by atoms with Gasteiger partial charge in [-0.3, -0.25) is 4.90 Å². The number of hydrogen-bond donors (Lipinski definition) is 1. The molecule has 1 aliphatic heterocycles. The van der Waals surface area contributed by atoms with E-state index in [1.807, 2.05) is 0 Å². The Kier molecular flexibility index (Phi) is 1.74. The van der Waals surface area contributed by atoms with Crippen LogP contribution in [0, 0.1) is 0 Å². The molecule has 1 N–H and O–H groups in total. The fourth-order valence-electron chi connectivity index (χ4n) is 2.02. The molecule has 0 unspecified atom stereocenters. The maximum Gasteiger partial charge on any atom is 0.0615 e. The molecule has 11 heavy (non-hydrogen) atoms. The molecule has 0 spiro atoms. The van der Waals surface area contributed by atoms with Crippen LogP contribution in [0.1, 0.15) is 19.3 Å². The molecule has 2 aliphatic rings. The fourth-order valence-corrected chi connectivity index (χ4v) is 2.02. The fraction of sp³-hybridized carbons (Fsp3) is 0.778. The predicted octanol–water partition coefficient (Wildman–Crippen LogP) is 0.773. The largest absolute Gasteiger partial charge is 0.394 e. The Labute approximate surface area is 67.5 Å². The Balaban J connectivity index is 2.00. The van der Waals surface area contributed by atoms with Crippen LogP contribution in [0.4, 0.5) is 0 Å². The van der Waals surface area contributed by atoms with Gasteiger partial charge >= 0.3 is 0 Å². The molecule has 0 aromatic carbocycles. The van der Waals surface area contributed by atoms with E-state index in [9.17, 15) is 5.11 Å². The first-order valence-electron chi connectivity index (χ1n) is 4.38. The highest BCUT2D eigenvalue weighted by molar-refractivity contribution is 5.06. The number of aliphatic hydroxyl groups is 1. The summed E-state index contributed by atoms with van der Waals surface area (Å²) in [6, 6.07) is 0.